The van der Waals surface area contributed by atoms with Crippen molar-refractivity contribution in [2.45, 2.75) is 52.7 Å². The van der Waals surface area contributed by atoms with Gasteiger partial charge in [-0.2, -0.15) is 0 Å². The summed E-state index contributed by atoms with van der Waals surface area (Å²) in [5, 5.41) is 13.5. The number of benzene rings is 1. The van der Waals surface area contributed by atoms with Gasteiger partial charge in [0.05, 0.1) is 5.60 Å². The maximum atomic E-state index is 10.2. The van der Waals surface area contributed by atoms with Crippen molar-refractivity contribution in [1.82, 2.24) is 5.32 Å². The van der Waals surface area contributed by atoms with Crippen LogP contribution in [0.4, 0.5) is 0 Å². The van der Waals surface area contributed by atoms with Crippen LogP contribution in [0, 0.1) is 13.8 Å². The van der Waals surface area contributed by atoms with E-state index in [4.69, 9.17) is 0 Å². The van der Waals surface area contributed by atoms with Crippen molar-refractivity contribution < 1.29 is 5.11 Å². The fraction of sp³-hybridized carbons (Fsp3) is 0.600. The van der Waals surface area contributed by atoms with Gasteiger partial charge in [0.15, 0.2) is 0 Å². The zero-order chi connectivity index (χ0) is 12.9. The van der Waals surface area contributed by atoms with Gasteiger partial charge in [-0.3, -0.25) is 0 Å². The van der Waals surface area contributed by atoms with Crippen LogP contribution in [-0.2, 0) is 6.54 Å². The van der Waals surface area contributed by atoms with E-state index in [2.05, 4.69) is 37.4 Å². The first-order valence-electron chi connectivity index (χ1n) is 6.50. The summed E-state index contributed by atoms with van der Waals surface area (Å²) in [5.41, 5.74) is 3.43. The molecule has 0 fully saturated rings. The zero-order valence-corrected chi connectivity index (χ0v) is 11.5. The Morgan fingerprint density at radius 1 is 1.18 bits per heavy atom. The summed E-state index contributed by atoms with van der Waals surface area (Å²) >= 11 is 0. The van der Waals surface area contributed by atoms with Gasteiger partial charge in [0.2, 0.25) is 0 Å². The summed E-state index contributed by atoms with van der Waals surface area (Å²) in [6.45, 7) is 9.83. The average molecular weight is 235 g/mol. The topological polar surface area (TPSA) is 32.3 Å². The van der Waals surface area contributed by atoms with Crippen molar-refractivity contribution in [3.05, 3.63) is 34.9 Å². The Morgan fingerprint density at radius 3 is 2.41 bits per heavy atom. The average Bonchev–Trinajstić information content (AvgIpc) is 2.34. The van der Waals surface area contributed by atoms with E-state index in [1.807, 2.05) is 13.8 Å². The Hall–Kier alpha value is -0.860. The second kappa shape index (κ2) is 6.18. The maximum absolute atomic E-state index is 10.2. The van der Waals surface area contributed by atoms with Crippen LogP contribution in [0.3, 0.4) is 0 Å². The van der Waals surface area contributed by atoms with E-state index >= 15 is 0 Å². The Labute approximate surface area is 105 Å². The van der Waals surface area contributed by atoms with Gasteiger partial charge in [-0.15, -0.1) is 0 Å². The van der Waals surface area contributed by atoms with Gasteiger partial charge in [-0.1, -0.05) is 32.0 Å². The Kier molecular flexibility index (Phi) is 5.16. The molecule has 0 aliphatic heterocycles. The highest BCUT2D eigenvalue weighted by atomic mass is 16.3. The molecule has 2 heteroatoms. The molecule has 0 heterocycles. The molecule has 0 unspecified atom stereocenters. The number of hydrogen-bond acceptors (Lipinski definition) is 2. The molecule has 0 saturated heterocycles. The molecule has 1 rings (SSSR count). The number of nitrogens with one attached hydrogen (secondary N) is 1. The molecule has 0 aromatic heterocycles. The van der Waals surface area contributed by atoms with Crippen LogP contribution >= 0.6 is 0 Å². The predicted octanol–water partition coefficient (Wildman–Crippen LogP) is 2.94. The fourth-order valence-corrected chi connectivity index (χ4v) is 1.93. The largest absolute Gasteiger partial charge is 0.389 e. The molecule has 0 amide bonds. The second-order valence-electron chi connectivity index (χ2n) is 4.89. The van der Waals surface area contributed by atoms with Gasteiger partial charge in [0, 0.05) is 13.1 Å². The smallest absolute Gasteiger partial charge is 0.0766 e. The van der Waals surface area contributed by atoms with Crippen molar-refractivity contribution in [2.24, 2.45) is 0 Å². The molecule has 2 nitrogen and oxygen atoms in total. The molecule has 1 aromatic carbocycles. The third-order valence-electron chi connectivity index (χ3n) is 3.80. The third-order valence-corrected chi connectivity index (χ3v) is 3.80. The quantitative estimate of drug-likeness (QED) is 0.794. The molecule has 0 atom stereocenters. The van der Waals surface area contributed by atoms with Crippen LogP contribution < -0.4 is 5.32 Å². The first-order valence-corrected chi connectivity index (χ1v) is 6.50. The van der Waals surface area contributed by atoms with Gasteiger partial charge in [0.1, 0.15) is 0 Å². The highest BCUT2D eigenvalue weighted by Crippen LogP contribution is 2.15. The Balaban J connectivity index is 2.54. The van der Waals surface area contributed by atoms with Crippen molar-refractivity contribution in [2.75, 3.05) is 6.54 Å². The highest BCUT2D eigenvalue weighted by Gasteiger charge is 2.21. The minimum Gasteiger partial charge on any atom is -0.389 e. The van der Waals surface area contributed by atoms with E-state index in [-0.39, 0.29) is 0 Å². The summed E-state index contributed by atoms with van der Waals surface area (Å²) in [7, 11) is 0. The van der Waals surface area contributed by atoms with Gasteiger partial charge in [-0.25, -0.2) is 0 Å². The van der Waals surface area contributed by atoms with Crippen LogP contribution in [0.15, 0.2) is 18.2 Å². The van der Waals surface area contributed by atoms with Crippen LogP contribution in [0.2, 0.25) is 0 Å². The number of rotatable bonds is 6. The molecular weight excluding hydrogens is 210 g/mol. The predicted molar refractivity (Wildman–Crippen MR) is 73.2 cm³/mol. The lowest BCUT2D eigenvalue weighted by molar-refractivity contribution is 0.0323. The van der Waals surface area contributed by atoms with E-state index in [9.17, 15) is 5.11 Å². The molecule has 0 radical (unpaired) electrons. The number of hydrogen-bond donors (Lipinski definition) is 2. The molecule has 0 spiro atoms. The molecular formula is C15H25NO. The summed E-state index contributed by atoms with van der Waals surface area (Å²) in [5.74, 6) is 0. The first kappa shape index (κ1) is 14.2. The van der Waals surface area contributed by atoms with Crippen LogP contribution in [0.1, 0.15) is 43.4 Å². The summed E-state index contributed by atoms with van der Waals surface area (Å²) in [4.78, 5) is 0. The lowest BCUT2D eigenvalue weighted by atomic mass is 9.97. The molecule has 17 heavy (non-hydrogen) atoms. The normalized spacial score (nSPS) is 11.8. The van der Waals surface area contributed by atoms with Crippen molar-refractivity contribution in [3.63, 3.8) is 0 Å². The molecule has 1 aromatic rings. The fourth-order valence-electron chi connectivity index (χ4n) is 1.93. The third kappa shape index (κ3) is 3.83. The van der Waals surface area contributed by atoms with E-state index in [0.717, 1.165) is 19.4 Å². The zero-order valence-electron chi connectivity index (χ0n) is 11.5. The van der Waals surface area contributed by atoms with Gasteiger partial charge in [-0.05, 0) is 43.4 Å². The van der Waals surface area contributed by atoms with Crippen LogP contribution in [0.25, 0.3) is 0 Å². The molecule has 0 aliphatic carbocycles. The summed E-state index contributed by atoms with van der Waals surface area (Å²) < 4.78 is 0. The van der Waals surface area contributed by atoms with E-state index in [1.54, 1.807) is 0 Å². The van der Waals surface area contributed by atoms with Crippen molar-refractivity contribution in [1.29, 1.82) is 0 Å². The molecule has 96 valence electrons. The van der Waals surface area contributed by atoms with Gasteiger partial charge < -0.3 is 10.4 Å². The van der Waals surface area contributed by atoms with Crippen LogP contribution in [-0.4, -0.2) is 17.3 Å². The first-order chi connectivity index (χ1) is 8.02. The summed E-state index contributed by atoms with van der Waals surface area (Å²) in [6, 6.07) is 6.37. The monoisotopic (exact) mass is 235 g/mol. The van der Waals surface area contributed by atoms with Gasteiger partial charge >= 0.3 is 0 Å². The van der Waals surface area contributed by atoms with E-state index in [1.165, 1.54) is 16.7 Å². The van der Waals surface area contributed by atoms with E-state index < -0.39 is 5.60 Å². The standard InChI is InChI=1S/C15H25NO/c1-5-15(17,6-2)11-16-10-14-9-7-8-12(3)13(14)4/h7-9,16-17H,5-6,10-11H2,1-4H3. The van der Waals surface area contributed by atoms with Gasteiger partial charge in [0.25, 0.3) is 0 Å². The molecule has 0 aliphatic rings. The number of aryl methyl sites for hydroxylation is 1. The minimum atomic E-state index is -0.558. The molecule has 0 saturated carbocycles. The summed E-state index contributed by atoms with van der Waals surface area (Å²) in [6.07, 6.45) is 1.59. The van der Waals surface area contributed by atoms with Crippen molar-refractivity contribution in [3.8, 4) is 0 Å². The number of aliphatic hydroxyl groups is 1. The van der Waals surface area contributed by atoms with Crippen LogP contribution in [0.5, 0.6) is 0 Å². The maximum Gasteiger partial charge on any atom is 0.0766 e. The molecule has 2 N–H and O–H groups in total. The van der Waals surface area contributed by atoms with E-state index in [0.29, 0.717) is 6.54 Å². The Bertz CT molecular complexity index is 356. The lowest BCUT2D eigenvalue weighted by Crippen LogP contribution is -2.39. The van der Waals surface area contributed by atoms with Crippen molar-refractivity contribution >= 4 is 0 Å². The second-order valence-corrected chi connectivity index (χ2v) is 4.89. The minimum absolute atomic E-state index is 0.558. The SMILES string of the molecule is CCC(O)(CC)CNCc1cccc(C)c1C. The Morgan fingerprint density at radius 2 is 1.82 bits per heavy atom. The lowest BCUT2D eigenvalue weighted by Gasteiger charge is -2.25. The highest BCUT2D eigenvalue weighted by molar-refractivity contribution is 5.32. The molecule has 0 bridgehead atoms.